The molecule has 0 saturated carbocycles. The van der Waals surface area contributed by atoms with Crippen molar-refractivity contribution in [3.05, 3.63) is 18.2 Å². The van der Waals surface area contributed by atoms with E-state index in [9.17, 15) is 4.79 Å². The van der Waals surface area contributed by atoms with Gasteiger partial charge in [0.25, 0.3) is 0 Å². The number of carbonyl (C=O) groups is 1. The molecule has 0 bridgehead atoms. The zero-order valence-electron chi connectivity index (χ0n) is 9.48. The van der Waals surface area contributed by atoms with Crippen LogP contribution in [0.2, 0.25) is 0 Å². The van der Waals surface area contributed by atoms with Crippen molar-refractivity contribution >= 4 is 5.91 Å². The van der Waals surface area contributed by atoms with Crippen molar-refractivity contribution in [2.75, 3.05) is 20.3 Å². The average Bonchev–Trinajstić information content (AvgIpc) is 2.82. The van der Waals surface area contributed by atoms with E-state index in [1.165, 1.54) is 0 Å². The van der Waals surface area contributed by atoms with Gasteiger partial charge in [-0.05, 0) is 12.8 Å². The molecule has 5 heteroatoms. The molecule has 0 radical (unpaired) electrons. The van der Waals surface area contributed by atoms with E-state index < -0.39 is 0 Å². The number of hydrogen-bond donors (Lipinski definition) is 1. The third-order valence-electron chi connectivity index (χ3n) is 2.83. The van der Waals surface area contributed by atoms with Gasteiger partial charge in [0, 0.05) is 26.0 Å². The molecule has 0 aliphatic carbocycles. The minimum atomic E-state index is 0.0220. The maximum atomic E-state index is 12.0. The number of ether oxygens (including phenoxy) is 1. The van der Waals surface area contributed by atoms with Gasteiger partial charge in [-0.25, -0.2) is 4.98 Å². The number of nitrogens with one attached hydrogen (secondary N) is 1. The number of amides is 1. The van der Waals surface area contributed by atoms with Crippen LogP contribution >= 0.6 is 0 Å². The van der Waals surface area contributed by atoms with Gasteiger partial charge in [0.1, 0.15) is 5.82 Å². The highest BCUT2D eigenvalue weighted by atomic mass is 16.5. The Bertz CT molecular complexity index is 331. The van der Waals surface area contributed by atoms with Crippen LogP contribution in [-0.2, 0) is 16.1 Å². The van der Waals surface area contributed by atoms with Crippen LogP contribution in [0.4, 0.5) is 0 Å². The molecule has 1 fully saturated rings. The smallest absolute Gasteiger partial charge is 0.228 e. The molecule has 1 aromatic rings. The fourth-order valence-electron chi connectivity index (χ4n) is 1.93. The first-order valence-electron chi connectivity index (χ1n) is 5.58. The minimum Gasteiger partial charge on any atom is -0.381 e. The Morgan fingerprint density at radius 3 is 3.25 bits per heavy atom. The molecule has 1 aliphatic rings. The molecule has 1 atom stereocenters. The Hall–Kier alpha value is -1.36. The van der Waals surface area contributed by atoms with Crippen molar-refractivity contribution in [2.45, 2.75) is 19.4 Å². The Morgan fingerprint density at radius 1 is 1.75 bits per heavy atom. The first-order valence-corrected chi connectivity index (χ1v) is 5.58. The number of nitrogens with zero attached hydrogens (tertiary/aromatic N) is 2. The summed E-state index contributed by atoms with van der Waals surface area (Å²) in [6.07, 6.45) is 5.36. The predicted molar refractivity (Wildman–Crippen MR) is 58.6 cm³/mol. The Labute approximate surface area is 94.8 Å². The maximum absolute atomic E-state index is 12.0. The molecule has 1 aliphatic heterocycles. The highest BCUT2D eigenvalue weighted by Crippen LogP contribution is 2.16. The number of H-pyrrole nitrogens is 1. The highest BCUT2D eigenvalue weighted by molar-refractivity contribution is 5.78. The van der Waals surface area contributed by atoms with Gasteiger partial charge >= 0.3 is 0 Å². The van der Waals surface area contributed by atoms with Gasteiger partial charge in [0.05, 0.1) is 19.1 Å². The van der Waals surface area contributed by atoms with Crippen LogP contribution in [-0.4, -0.2) is 41.0 Å². The molecule has 1 unspecified atom stereocenters. The molecule has 0 aromatic carbocycles. The van der Waals surface area contributed by atoms with Gasteiger partial charge in [-0.15, -0.1) is 0 Å². The fourth-order valence-corrected chi connectivity index (χ4v) is 1.93. The lowest BCUT2D eigenvalue weighted by Gasteiger charge is -2.25. The monoisotopic (exact) mass is 223 g/mol. The lowest BCUT2D eigenvalue weighted by Crippen LogP contribution is -2.36. The lowest BCUT2D eigenvalue weighted by atomic mass is 10.0. The molecule has 88 valence electrons. The van der Waals surface area contributed by atoms with E-state index in [4.69, 9.17) is 4.74 Å². The predicted octanol–water partition coefficient (Wildman–Crippen LogP) is 0.795. The molecule has 16 heavy (non-hydrogen) atoms. The summed E-state index contributed by atoms with van der Waals surface area (Å²) < 4.78 is 5.32. The summed E-state index contributed by atoms with van der Waals surface area (Å²) in [4.78, 5) is 20.8. The van der Waals surface area contributed by atoms with E-state index in [0.717, 1.165) is 25.3 Å². The Kier molecular flexibility index (Phi) is 3.56. The van der Waals surface area contributed by atoms with Crippen LogP contribution in [0.5, 0.6) is 0 Å². The molecular formula is C11H17N3O2. The number of aromatic nitrogens is 2. The molecule has 1 saturated heterocycles. The molecule has 1 N–H and O–H groups in total. The molecule has 2 rings (SSSR count). The van der Waals surface area contributed by atoms with E-state index in [1.54, 1.807) is 24.3 Å². The van der Waals surface area contributed by atoms with E-state index in [0.29, 0.717) is 13.2 Å². The minimum absolute atomic E-state index is 0.0220. The number of rotatable bonds is 3. The molecule has 1 aromatic heterocycles. The normalized spacial score (nSPS) is 20.7. The maximum Gasteiger partial charge on any atom is 0.228 e. The SMILES string of the molecule is CN(Cc1ncc[nH]1)C(=O)C1CCCOC1. The van der Waals surface area contributed by atoms with Crippen LogP contribution in [0.15, 0.2) is 12.4 Å². The number of imidazole rings is 1. The molecule has 1 amide bonds. The molecular weight excluding hydrogens is 206 g/mol. The highest BCUT2D eigenvalue weighted by Gasteiger charge is 2.24. The molecule has 0 spiro atoms. The number of hydrogen-bond acceptors (Lipinski definition) is 3. The summed E-state index contributed by atoms with van der Waals surface area (Å²) >= 11 is 0. The summed E-state index contributed by atoms with van der Waals surface area (Å²) in [5, 5.41) is 0. The average molecular weight is 223 g/mol. The third-order valence-corrected chi connectivity index (χ3v) is 2.83. The van der Waals surface area contributed by atoms with Gasteiger partial charge in [0.2, 0.25) is 5.91 Å². The summed E-state index contributed by atoms with van der Waals surface area (Å²) in [7, 11) is 1.81. The third kappa shape index (κ3) is 2.61. The standard InChI is InChI=1S/C11H17N3O2/c1-14(7-10-12-4-5-13-10)11(15)9-3-2-6-16-8-9/h4-5,9H,2-3,6-8H2,1H3,(H,12,13). The van der Waals surface area contributed by atoms with Crippen molar-refractivity contribution < 1.29 is 9.53 Å². The second-order valence-corrected chi connectivity index (χ2v) is 4.14. The summed E-state index contributed by atoms with van der Waals surface area (Å²) in [6.45, 7) is 1.87. The first-order chi connectivity index (χ1) is 7.77. The second-order valence-electron chi connectivity index (χ2n) is 4.14. The van der Waals surface area contributed by atoms with E-state index >= 15 is 0 Å². The number of aromatic amines is 1. The van der Waals surface area contributed by atoms with Crippen molar-refractivity contribution in [3.63, 3.8) is 0 Å². The fraction of sp³-hybridized carbons (Fsp3) is 0.636. The molecule has 5 nitrogen and oxygen atoms in total. The van der Waals surface area contributed by atoms with Crippen LogP contribution in [0, 0.1) is 5.92 Å². The first kappa shape index (κ1) is 11.1. The molecule has 2 heterocycles. The van der Waals surface area contributed by atoms with E-state index in [-0.39, 0.29) is 11.8 Å². The van der Waals surface area contributed by atoms with Crippen LogP contribution in [0.3, 0.4) is 0 Å². The van der Waals surface area contributed by atoms with Crippen molar-refractivity contribution in [1.82, 2.24) is 14.9 Å². The largest absolute Gasteiger partial charge is 0.381 e. The Balaban J connectivity index is 1.88. The number of carbonyl (C=O) groups excluding carboxylic acids is 1. The van der Waals surface area contributed by atoms with Crippen LogP contribution in [0.1, 0.15) is 18.7 Å². The quantitative estimate of drug-likeness (QED) is 0.824. The van der Waals surface area contributed by atoms with Gasteiger partial charge < -0.3 is 14.6 Å². The van der Waals surface area contributed by atoms with Gasteiger partial charge in [-0.3, -0.25) is 4.79 Å². The summed E-state index contributed by atoms with van der Waals surface area (Å²) in [5.41, 5.74) is 0. The Morgan fingerprint density at radius 2 is 2.62 bits per heavy atom. The second kappa shape index (κ2) is 5.12. The van der Waals surface area contributed by atoms with E-state index in [1.807, 2.05) is 0 Å². The van der Waals surface area contributed by atoms with Crippen molar-refractivity contribution in [2.24, 2.45) is 5.92 Å². The lowest BCUT2D eigenvalue weighted by molar-refractivity contribution is -0.139. The van der Waals surface area contributed by atoms with Crippen LogP contribution < -0.4 is 0 Å². The zero-order chi connectivity index (χ0) is 11.4. The van der Waals surface area contributed by atoms with Gasteiger partial charge in [0.15, 0.2) is 0 Å². The van der Waals surface area contributed by atoms with Crippen molar-refractivity contribution in [3.8, 4) is 0 Å². The van der Waals surface area contributed by atoms with Gasteiger partial charge in [-0.2, -0.15) is 0 Å². The topological polar surface area (TPSA) is 58.2 Å². The zero-order valence-corrected chi connectivity index (χ0v) is 9.48. The summed E-state index contributed by atoms with van der Waals surface area (Å²) in [6, 6.07) is 0. The van der Waals surface area contributed by atoms with E-state index in [2.05, 4.69) is 9.97 Å². The van der Waals surface area contributed by atoms with Gasteiger partial charge in [-0.1, -0.05) is 0 Å². The summed E-state index contributed by atoms with van der Waals surface area (Å²) in [5.74, 6) is 0.984. The van der Waals surface area contributed by atoms with Crippen LogP contribution in [0.25, 0.3) is 0 Å². The van der Waals surface area contributed by atoms with Crippen molar-refractivity contribution in [1.29, 1.82) is 0 Å².